The Hall–Kier alpha value is -1.69. The van der Waals surface area contributed by atoms with Crippen LogP contribution in [0.15, 0.2) is 24.3 Å². The Balaban J connectivity index is 2.12. The molecule has 20 heavy (non-hydrogen) atoms. The SMILES string of the molecule is CC(=O)NC(CS)C(=O)N1CCOc2ccccc2C1. The molecule has 5 nitrogen and oxygen atoms in total. The largest absolute Gasteiger partial charge is 0.491 e. The molecule has 1 aliphatic rings. The van der Waals surface area contributed by atoms with Gasteiger partial charge in [-0.2, -0.15) is 12.6 Å². The number of amides is 2. The second-order valence-corrected chi connectivity index (χ2v) is 5.02. The smallest absolute Gasteiger partial charge is 0.246 e. The highest BCUT2D eigenvalue weighted by molar-refractivity contribution is 7.80. The first-order chi connectivity index (χ1) is 9.61. The van der Waals surface area contributed by atoms with Gasteiger partial charge in [-0.1, -0.05) is 18.2 Å². The molecule has 2 rings (SSSR count). The number of nitrogens with zero attached hydrogens (tertiary/aromatic N) is 1. The van der Waals surface area contributed by atoms with E-state index >= 15 is 0 Å². The first kappa shape index (κ1) is 14.7. The van der Waals surface area contributed by atoms with Gasteiger partial charge in [0.1, 0.15) is 18.4 Å². The summed E-state index contributed by atoms with van der Waals surface area (Å²) in [7, 11) is 0. The third-order valence-corrected chi connectivity index (χ3v) is 3.49. The van der Waals surface area contributed by atoms with Crippen LogP contribution in [0.4, 0.5) is 0 Å². The molecule has 1 N–H and O–H groups in total. The van der Waals surface area contributed by atoms with Crippen molar-refractivity contribution in [2.75, 3.05) is 18.9 Å². The van der Waals surface area contributed by atoms with Crippen LogP contribution in [0, 0.1) is 0 Å². The van der Waals surface area contributed by atoms with E-state index in [0.717, 1.165) is 11.3 Å². The maximum absolute atomic E-state index is 12.4. The molecule has 0 bridgehead atoms. The zero-order valence-electron chi connectivity index (χ0n) is 11.3. The number of thiol groups is 1. The van der Waals surface area contributed by atoms with Crippen LogP contribution in [0.2, 0.25) is 0 Å². The van der Waals surface area contributed by atoms with Crippen molar-refractivity contribution < 1.29 is 14.3 Å². The molecule has 0 radical (unpaired) electrons. The number of hydrogen-bond donors (Lipinski definition) is 2. The fourth-order valence-electron chi connectivity index (χ4n) is 2.17. The minimum Gasteiger partial charge on any atom is -0.491 e. The highest BCUT2D eigenvalue weighted by Gasteiger charge is 2.26. The number of para-hydroxylation sites is 1. The van der Waals surface area contributed by atoms with Gasteiger partial charge in [-0.15, -0.1) is 0 Å². The van der Waals surface area contributed by atoms with Crippen molar-refractivity contribution in [2.24, 2.45) is 0 Å². The maximum Gasteiger partial charge on any atom is 0.246 e. The molecule has 0 aliphatic carbocycles. The number of benzene rings is 1. The van der Waals surface area contributed by atoms with Gasteiger partial charge in [0.15, 0.2) is 0 Å². The van der Waals surface area contributed by atoms with E-state index in [2.05, 4.69) is 17.9 Å². The highest BCUT2D eigenvalue weighted by Crippen LogP contribution is 2.22. The lowest BCUT2D eigenvalue weighted by Crippen LogP contribution is -2.49. The number of carbonyl (C=O) groups is 2. The van der Waals surface area contributed by atoms with Crippen molar-refractivity contribution in [3.05, 3.63) is 29.8 Å². The first-order valence-electron chi connectivity index (χ1n) is 6.49. The first-order valence-corrected chi connectivity index (χ1v) is 7.12. The van der Waals surface area contributed by atoms with E-state index in [-0.39, 0.29) is 17.6 Å². The van der Waals surface area contributed by atoms with Crippen molar-refractivity contribution in [1.82, 2.24) is 10.2 Å². The van der Waals surface area contributed by atoms with E-state index in [4.69, 9.17) is 4.74 Å². The van der Waals surface area contributed by atoms with Gasteiger partial charge in [0.25, 0.3) is 0 Å². The average molecular weight is 294 g/mol. The lowest BCUT2D eigenvalue weighted by molar-refractivity contribution is -0.136. The van der Waals surface area contributed by atoms with Gasteiger partial charge < -0.3 is 15.0 Å². The molecule has 0 aromatic heterocycles. The number of hydrogen-bond acceptors (Lipinski definition) is 4. The van der Waals surface area contributed by atoms with Gasteiger partial charge in [-0.05, 0) is 6.07 Å². The molecule has 1 aliphatic heterocycles. The van der Waals surface area contributed by atoms with Gasteiger partial charge in [-0.25, -0.2) is 0 Å². The van der Waals surface area contributed by atoms with E-state index < -0.39 is 6.04 Å². The summed E-state index contributed by atoms with van der Waals surface area (Å²) in [5, 5.41) is 2.62. The molecule has 1 atom stereocenters. The molecule has 0 saturated heterocycles. The number of fused-ring (bicyclic) bond motifs is 1. The van der Waals surface area contributed by atoms with Crippen LogP contribution in [-0.4, -0.2) is 41.7 Å². The maximum atomic E-state index is 12.4. The molecule has 2 amide bonds. The van der Waals surface area contributed by atoms with E-state index in [9.17, 15) is 9.59 Å². The molecule has 0 fully saturated rings. The molecule has 0 spiro atoms. The van der Waals surface area contributed by atoms with Crippen LogP contribution in [0.25, 0.3) is 0 Å². The van der Waals surface area contributed by atoms with Crippen molar-refractivity contribution in [2.45, 2.75) is 19.5 Å². The number of rotatable bonds is 3. The van der Waals surface area contributed by atoms with Gasteiger partial charge in [0.2, 0.25) is 11.8 Å². The number of ether oxygens (including phenoxy) is 1. The number of nitrogens with one attached hydrogen (secondary N) is 1. The molecule has 1 aromatic carbocycles. The predicted molar refractivity (Wildman–Crippen MR) is 78.8 cm³/mol. The fraction of sp³-hybridized carbons (Fsp3) is 0.429. The van der Waals surface area contributed by atoms with Crippen LogP contribution in [0.5, 0.6) is 5.75 Å². The summed E-state index contributed by atoms with van der Waals surface area (Å²) in [5.41, 5.74) is 0.971. The molecule has 6 heteroatoms. The highest BCUT2D eigenvalue weighted by atomic mass is 32.1. The molecule has 1 aromatic rings. The summed E-state index contributed by atoms with van der Waals surface area (Å²) in [6.07, 6.45) is 0. The van der Waals surface area contributed by atoms with Crippen molar-refractivity contribution in [3.63, 3.8) is 0 Å². The van der Waals surface area contributed by atoms with Crippen molar-refractivity contribution in [1.29, 1.82) is 0 Å². The second-order valence-electron chi connectivity index (χ2n) is 4.65. The van der Waals surface area contributed by atoms with Gasteiger partial charge >= 0.3 is 0 Å². The molecular weight excluding hydrogens is 276 g/mol. The minimum absolute atomic E-state index is 0.129. The molecule has 108 valence electrons. The molecule has 1 unspecified atom stereocenters. The third-order valence-electron chi connectivity index (χ3n) is 3.12. The lowest BCUT2D eigenvalue weighted by Gasteiger charge is -2.25. The van der Waals surface area contributed by atoms with Crippen LogP contribution < -0.4 is 10.1 Å². The fourth-order valence-corrected chi connectivity index (χ4v) is 2.41. The zero-order valence-corrected chi connectivity index (χ0v) is 12.2. The summed E-state index contributed by atoms with van der Waals surface area (Å²) < 4.78 is 5.62. The predicted octanol–water partition coefficient (Wildman–Crippen LogP) is 0.842. The molecular formula is C14H18N2O3S. The summed E-state index contributed by atoms with van der Waals surface area (Å²) in [4.78, 5) is 25.3. The summed E-state index contributed by atoms with van der Waals surface area (Å²) in [6.45, 7) is 2.82. The molecule has 0 saturated carbocycles. The number of carbonyl (C=O) groups excluding carboxylic acids is 2. The van der Waals surface area contributed by atoms with E-state index in [0.29, 0.717) is 19.7 Å². The van der Waals surface area contributed by atoms with Crippen LogP contribution in [-0.2, 0) is 16.1 Å². The van der Waals surface area contributed by atoms with Crippen LogP contribution in [0.3, 0.4) is 0 Å². The Kier molecular flexibility index (Phi) is 4.89. The summed E-state index contributed by atoms with van der Waals surface area (Å²) in [6, 6.07) is 7.06. The van der Waals surface area contributed by atoms with Crippen molar-refractivity contribution >= 4 is 24.4 Å². The van der Waals surface area contributed by atoms with E-state index in [1.165, 1.54) is 6.92 Å². The average Bonchev–Trinajstić information content (AvgIpc) is 2.65. The third kappa shape index (κ3) is 3.45. The monoisotopic (exact) mass is 294 g/mol. The quantitative estimate of drug-likeness (QED) is 0.812. The minimum atomic E-state index is -0.596. The van der Waals surface area contributed by atoms with Gasteiger partial charge in [0, 0.05) is 24.8 Å². The zero-order chi connectivity index (χ0) is 14.5. The standard InChI is InChI=1S/C14H18N2O3S/c1-10(17)15-12(9-20)14(18)16-6-7-19-13-5-3-2-4-11(13)8-16/h2-5,12,20H,6-9H2,1H3,(H,15,17). The Labute approximate surface area is 123 Å². The Morgan fingerprint density at radius 3 is 2.90 bits per heavy atom. The Bertz CT molecular complexity index is 507. The molecule has 1 heterocycles. The van der Waals surface area contributed by atoms with E-state index in [1.54, 1.807) is 4.90 Å². The normalized spacial score (nSPS) is 15.6. The van der Waals surface area contributed by atoms with Crippen LogP contribution >= 0.6 is 12.6 Å². The Morgan fingerprint density at radius 2 is 2.20 bits per heavy atom. The van der Waals surface area contributed by atoms with Gasteiger partial charge in [0.05, 0.1) is 6.54 Å². The van der Waals surface area contributed by atoms with Crippen molar-refractivity contribution in [3.8, 4) is 5.75 Å². The lowest BCUT2D eigenvalue weighted by atomic mass is 10.2. The second kappa shape index (κ2) is 6.65. The Morgan fingerprint density at radius 1 is 1.45 bits per heavy atom. The summed E-state index contributed by atoms with van der Waals surface area (Å²) >= 11 is 4.14. The van der Waals surface area contributed by atoms with E-state index in [1.807, 2.05) is 24.3 Å². The summed E-state index contributed by atoms with van der Waals surface area (Å²) in [5.74, 6) is 0.723. The van der Waals surface area contributed by atoms with Gasteiger partial charge in [-0.3, -0.25) is 9.59 Å². The topological polar surface area (TPSA) is 58.6 Å². The van der Waals surface area contributed by atoms with Crippen LogP contribution in [0.1, 0.15) is 12.5 Å².